The topological polar surface area (TPSA) is 70.1 Å². The number of hydrogen-bond donors (Lipinski definition) is 3. The van der Waals surface area contributed by atoms with Crippen LogP contribution < -0.4 is 10.6 Å². The molecule has 0 atom stereocenters. The SMILES string of the molecule is CCC1(CNc2ncc(Br)c(N[C@H]3CC[C@H](O)CC3)n2)CC1. The summed E-state index contributed by atoms with van der Waals surface area (Å²) in [7, 11) is 0. The second kappa shape index (κ2) is 6.71. The molecule has 0 radical (unpaired) electrons. The molecule has 5 nitrogen and oxygen atoms in total. The third-order valence-electron chi connectivity index (χ3n) is 5.11. The van der Waals surface area contributed by atoms with Gasteiger partial charge in [0.2, 0.25) is 5.95 Å². The zero-order chi connectivity index (χ0) is 15.6. The number of hydrogen-bond acceptors (Lipinski definition) is 5. The zero-order valence-corrected chi connectivity index (χ0v) is 14.7. The van der Waals surface area contributed by atoms with Gasteiger partial charge in [-0.3, -0.25) is 0 Å². The Kier molecular flexibility index (Phi) is 4.88. The molecule has 0 amide bonds. The highest BCUT2D eigenvalue weighted by atomic mass is 79.9. The molecule has 2 saturated carbocycles. The van der Waals surface area contributed by atoms with Crippen molar-refractivity contribution in [2.45, 2.75) is 64.0 Å². The lowest BCUT2D eigenvalue weighted by Gasteiger charge is -2.27. The van der Waals surface area contributed by atoms with Crippen LogP contribution >= 0.6 is 15.9 Å². The van der Waals surface area contributed by atoms with Crippen LogP contribution in [0.4, 0.5) is 11.8 Å². The molecular weight excluding hydrogens is 344 g/mol. The van der Waals surface area contributed by atoms with Gasteiger partial charge in [-0.2, -0.15) is 4.98 Å². The summed E-state index contributed by atoms with van der Waals surface area (Å²) >= 11 is 3.52. The molecule has 2 fully saturated rings. The first kappa shape index (κ1) is 16.0. The molecule has 6 heteroatoms. The number of halogens is 1. The standard InChI is InChI=1S/C16H25BrN4O/c1-2-16(7-8-16)10-19-15-18-9-13(17)14(21-15)20-11-3-5-12(22)6-4-11/h9,11-12,22H,2-8,10H2,1H3,(H2,18,19,20,21)/t11-,12-. The predicted molar refractivity (Wildman–Crippen MR) is 92.1 cm³/mol. The van der Waals surface area contributed by atoms with Crippen molar-refractivity contribution < 1.29 is 5.11 Å². The van der Waals surface area contributed by atoms with Gasteiger partial charge in [0.05, 0.1) is 10.6 Å². The number of nitrogens with one attached hydrogen (secondary N) is 2. The normalized spacial score (nSPS) is 26.5. The molecule has 1 heterocycles. The monoisotopic (exact) mass is 368 g/mol. The Labute approximate surface area is 140 Å². The fourth-order valence-corrected chi connectivity index (χ4v) is 3.37. The van der Waals surface area contributed by atoms with Gasteiger partial charge in [-0.05, 0) is 66.3 Å². The van der Waals surface area contributed by atoms with Crippen molar-refractivity contribution in [1.29, 1.82) is 0 Å². The third kappa shape index (κ3) is 3.90. The minimum Gasteiger partial charge on any atom is -0.393 e. The van der Waals surface area contributed by atoms with Crippen LogP contribution in [0.2, 0.25) is 0 Å². The Balaban J connectivity index is 1.60. The molecular formula is C16H25BrN4O. The van der Waals surface area contributed by atoms with Crippen LogP contribution in [0.3, 0.4) is 0 Å². The van der Waals surface area contributed by atoms with Crippen LogP contribution in [0.25, 0.3) is 0 Å². The maximum atomic E-state index is 9.59. The first-order valence-corrected chi connectivity index (χ1v) is 9.10. The van der Waals surface area contributed by atoms with Crippen LogP contribution in [0.1, 0.15) is 51.9 Å². The summed E-state index contributed by atoms with van der Waals surface area (Å²) in [6, 6.07) is 0.382. The summed E-state index contributed by atoms with van der Waals surface area (Å²) in [5, 5.41) is 16.5. The third-order valence-corrected chi connectivity index (χ3v) is 5.69. The smallest absolute Gasteiger partial charge is 0.224 e. The Morgan fingerprint density at radius 3 is 2.68 bits per heavy atom. The molecule has 3 rings (SSSR count). The van der Waals surface area contributed by atoms with E-state index in [4.69, 9.17) is 0 Å². The fourth-order valence-electron chi connectivity index (χ4n) is 3.07. The van der Waals surface area contributed by atoms with E-state index in [1.807, 2.05) is 0 Å². The number of aliphatic hydroxyl groups excluding tert-OH is 1. The van der Waals surface area contributed by atoms with Crippen molar-refractivity contribution in [3.8, 4) is 0 Å². The quantitative estimate of drug-likeness (QED) is 0.715. The van der Waals surface area contributed by atoms with E-state index < -0.39 is 0 Å². The molecule has 0 aromatic carbocycles. The molecule has 122 valence electrons. The lowest BCUT2D eigenvalue weighted by molar-refractivity contribution is 0.126. The largest absolute Gasteiger partial charge is 0.393 e. The van der Waals surface area contributed by atoms with Gasteiger partial charge < -0.3 is 15.7 Å². The molecule has 0 aliphatic heterocycles. The molecule has 1 aromatic heterocycles. The van der Waals surface area contributed by atoms with Crippen LogP contribution in [-0.2, 0) is 0 Å². The van der Waals surface area contributed by atoms with E-state index in [9.17, 15) is 5.11 Å². The minimum absolute atomic E-state index is 0.132. The van der Waals surface area contributed by atoms with E-state index in [0.29, 0.717) is 17.4 Å². The number of aliphatic hydroxyl groups is 1. The molecule has 2 aliphatic rings. The molecule has 0 bridgehead atoms. The highest BCUT2D eigenvalue weighted by Gasteiger charge is 2.40. The molecule has 0 spiro atoms. The van der Waals surface area contributed by atoms with E-state index in [1.54, 1.807) is 6.20 Å². The second-order valence-electron chi connectivity index (χ2n) is 6.75. The summed E-state index contributed by atoms with van der Waals surface area (Å²) < 4.78 is 0.890. The zero-order valence-electron chi connectivity index (χ0n) is 13.1. The molecule has 0 saturated heterocycles. The van der Waals surface area contributed by atoms with Gasteiger partial charge in [-0.1, -0.05) is 6.92 Å². The number of aromatic nitrogens is 2. The van der Waals surface area contributed by atoms with Gasteiger partial charge in [0, 0.05) is 18.8 Å². The predicted octanol–water partition coefficient (Wildman–Crippen LogP) is 3.56. The maximum Gasteiger partial charge on any atom is 0.224 e. The fraction of sp³-hybridized carbons (Fsp3) is 0.750. The molecule has 2 aliphatic carbocycles. The van der Waals surface area contributed by atoms with Gasteiger partial charge in [0.1, 0.15) is 5.82 Å². The van der Waals surface area contributed by atoms with E-state index in [2.05, 4.69) is 43.5 Å². The van der Waals surface area contributed by atoms with Gasteiger partial charge in [0.25, 0.3) is 0 Å². The van der Waals surface area contributed by atoms with Gasteiger partial charge >= 0.3 is 0 Å². The van der Waals surface area contributed by atoms with Crippen LogP contribution in [0.5, 0.6) is 0 Å². The summed E-state index contributed by atoms with van der Waals surface area (Å²) in [5.41, 5.74) is 0.476. The summed E-state index contributed by atoms with van der Waals surface area (Å²) in [5.74, 6) is 1.54. The summed E-state index contributed by atoms with van der Waals surface area (Å²) in [4.78, 5) is 8.97. The van der Waals surface area contributed by atoms with Crippen LogP contribution in [-0.4, -0.2) is 33.8 Å². The summed E-state index contributed by atoms with van der Waals surface area (Å²) in [6.07, 6.45) is 9.21. The van der Waals surface area contributed by atoms with Crippen molar-refractivity contribution in [2.75, 3.05) is 17.2 Å². The Bertz CT molecular complexity index is 513. The van der Waals surface area contributed by atoms with E-state index in [-0.39, 0.29) is 6.10 Å². The highest BCUT2D eigenvalue weighted by molar-refractivity contribution is 9.10. The van der Waals surface area contributed by atoms with Crippen molar-refractivity contribution in [2.24, 2.45) is 5.41 Å². The Morgan fingerprint density at radius 1 is 1.32 bits per heavy atom. The first-order chi connectivity index (χ1) is 10.6. The summed E-state index contributed by atoms with van der Waals surface area (Å²) in [6.45, 7) is 3.21. The van der Waals surface area contributed by atoms with Crippen molar-refractivity contribution in [1.82, 2.24) is 9.97 Å². The molecule has 3 N–H and O–H groups in total. The lowest BCUT2D eigenvalue weighted by atomic mass is 9.93. The second-order valence-corrected chi connectivity index (χ2v) is 7.60. The number of nitrogens with zero attached hydrogens (tertiary/aromatic N) is 2. The van der Waals surface area contributed by atoms with Gasteiger partial charge in [-0.15, -0.1) is 0 Å². The average molecular weight is 369 g/mol. The van der Waals surface area contributed by atoms with Gasteiger partial charge in [-0.25, -0.2) is 4.98 Å². The lowest BCUT2D eigenvalue weighted by Crippen LogP contribution is -2.28. The number of anilines is 2. The van der Waals surface area contributed by atoms with E-state index >= 15 is 0 Å². The highest BCUT2D eigenvalue weighted by Crippen LogP contribution is 2.48. The van der Waals surface area contributed by atoms with Crippen LogP contribution in [0.15, 0.2) is 10.7 Å². The molecule has 1 aromatic rings. The van der Waals surface area contributed by atoms with Crippen molar-refractivity contribution >= 4 is 27.7 Å². The van der Waals surface area contributed by atoms with Crippen LogP contribution in [0, 0.1) is 5.41 Å². The van der Waals surface area contributed by atoms with Gasteiger partial charge in [0.15, 0.2) is 0 Å². The van der Waals surface area contributed by atoms with E-state index in [0.717, 1.165) is 42.5 Å². The van der Waals surface area contributed by atoms with E-state index in [1.165, 1.54) is 19.3 Å². The molecule has 22 heavy (non-hydrogen) atoms. The minimum atomic E-state index is -0.132. The van der Waals surface area contributed by atoms with Crippen molar-refractivity contribution in [3.63, 3.8) is 0 Å². The first-order valence-electron chi connectivity index (χ1n) is 8.31. The average Bonchev–Trinajstić information content (AvgIpc) is 3.31. The molecule has 0 unspecified atom stereocenters. The Hall–Kier alpha value is -0.880. The maximum absolute atomic E-state index is 9.59. The Morgan fingerprint density at radius 2 is 2.05 bits per heavy atom. The van der Waals surface area contributed by atoms with Crippen molar-refractivity contribution in [3.05, 3.63) is 10.7 Å². The number of rotatable bonds is 6.